The molecular weight excluding hydrogens is 200 g/mol. The minimum Gasteiger partial charge on any atom is -0.370 e. The summed E-state index contributed by atoms with van der Waals surface area (Å²) in [5, 5.41) is 0. The molecule has 1 saturated carbocycles. The largest absolute Gasteiger partial charge is 0.370 e. The number of guanidine groups is 1. The maximum absolute atomic E-state index is 6.11. The maximum Gasteiger partial charge on any atom is 0.192 e. The Labute approximate surface area is 96.5 Å². The van der Waals surface area contributed by atoms with Crippen LogP contribution in [0.4, 0.5) is 0 Å². The summed E-state index contributed by atoms with van der Waals surface area (Å²) >= 11 is 0. The molecule has 0 aromatic carbocycles. The van der Waals surface area contributed by atoms with Crippen molar-refractivity contribution < 1.29 is 0 Å². The lowest BCUT2D eigenvalue weighted by molar-refractivity contribution is -0.0315. The second-order valence-corrected chi connectivity index (χ2v) is 5.93. The molecule has 4 heterocycles. The summed E-state index contributed by atoms with van der Waals surface area (Å²) in [6, 6.07) is 0.715. The maximum atomic E-state index is 6.11. The Bertz CT molecular complexity index is 341. The third-order valence-electron chi connectivity index (χ3n) is 5.00. The monoisotopic (exact) mass is 220 g/mol. The molecule has 4 fully saturated rings. The summed E-state index contributed by atoms with van der Waals surface area (Å²) in [6.07, 6.45) is 5.35. The van der Waals surface area contributed by atoms with Gasteiger partial charge in [-0.25, -0.2) is 0 Å². The van der Waals surface area contributed by atoms with E-state index in [1.807, 2.05) is 0 Å². The van der Waals surface area contributed by atoms with Crippen molar-refractivity contribution >= 4 is 5.96 Å². The highest BCUT2D eigenvalue weighted by Gasteiger charge is 2.56. The molecule has 1 atom stereocenters. The fourth-order valence-corrected chi connectivity index (χ4v) is 4.08. The van der Waals surface area contributed by atoms with E-state index in [-0.39, 0.29) is 0 Å². The average molecular weight is 220 g/mol. The molecule has 3 saturated heterocycles. The van der Waals surface area contributed by atoms with Crippen LogP contribution in [0.3, 0.4) is 0 Å². The van der Waals surface area contributed by atoms with Crippen LogP contribution in [0, 0.1) is 5.92 Å². The summed E-state index contributed by atoms with van der Waals surface area (Å²) < 4.78 is 0. The minimum absolute atomic E-state index is 0.293. The predicted molar refractivity (Wildman–Crippen MR) is 63.2 cm³/mol. The van der Waals surface area contributed by atoms with Crippen molar-refractivity contribution in [3.8, 4) is 0 Å². The van der Waals surface area contributed by atoms with Crippen LogP contribution in [0.25, 0.3) is 0 Å². The van der Waals surface area contributed by atoms with Crippen molar-refractivity contribution in [2.24, 2.45) is 16.6 Å². The Morgan fingerprint density at radius 3 is 2.50 bits per heavy atom. The lowest BCUT2D eigenvalue weighted by atomic mass is 9.72. The first kappa shape index (κ1) is 9.28. The molecule has 2 bridgehead atoms. The second-order valence-electron chi connectivity index (χ2n) is 5.93. The van der Waals surface area contributed by atoms with Gasteiger partial charge in [0.2, 0.25) is 0 Å². The first-order valence-electron chi connectivity index (χ1n) is 6.61. The van der Waals surface area contributed by atoms with E-state index in [2.05, 4.69) is 14.8 Å². The van der Waals surface area contributed by atoms with E-state index in [1.54, 1.807) is 0 Å². The van der Waals surface area contributed by atoms with Gasteiger partial charge in [-0.1, -0.05) is 0 Å². The standard InChI is InChI=1S/C12H20N4/c13-11-14-7-12(16(11)10-1-2-10)8-15-5-3-9(12)4-6-15/h9-10H,1-8H2,(H2,13,14). The van der Waals surface area contributed by atoms with Crippen molar-refractivity contribution in [1.82, 2.24) is 9.80 Å². The lowest BCUT2D eigenvalue weighted by Crippen LogP contribution is -2.68. The van der Waals surface area contributed by atoms with E-state index in [0.717, 1.165) is 18.4 Å². The smallest absolute Gasteiger partial charge is 0.192 e. The number of nitrogens with two attached hydrogens (primary N) is 1. The number of hydrogen-bond acceptors (Lipinski definition) is 4. The Hall–Kier alpha value is -0.770. The Kier molecular flexibility index (Phi) is 1.69. The van der Waals surface area contributed by atoms with Gasteiger partial charge < -0.3 is 15.5 Å². The van der Waals surface area contributed by atoms with Crippen LogP contribution in [0.5, 0.6) is 0 Å². The molecule has 1 unspecified atom stereocenters. The SMILES string of the molecule is NC1=NCC2(CN3CCC2CC3)N1C1CC1. The molecule has 1 aliphatic carbocycles. The predicted octanol–water partition coefficient (Wildman–Crippen LogP) is 0.243. The molecule has 0 radical (unpaired) electrons. The van der Waals surface area contributed by atoms with E-state index in [9.17, 15) is 0 Å². The summed E-state index contributed by atoms with van der Waals surface area (Å²) in [5.41, 5.74) is 6.41. The highest BCUT2D eigenvalue weighted by atomic mass is 15.4. The molecular formula is C12H20N4. The third-order valence-corrected chi connectivity index (χ3v) is 5.00. The van der Waals surface area contributed by atoms with Gasteiger partial charge in [0.25, 0.3) is 0 Å². The van der Waals surface area contributed by atoms with E-state index >= 15 is 0 Å². The molecule has 4 aliphatic heterocycles. The Morgan fingerprint density at radius 1 is 1.19 bits per heavy atom. The topological polar surface area (TPSA) is 44.9 Å². The van der Waals surface area contributed by atoms with Crippen LogP contribution in [-0.2, 0) is 0 Å². The quantitative estimate of drug-likeness (QED) is 0.688. The summed E-state index contributed by atoms with van der Waals surface area (Å²) in [6.45, 7) is 4.75. The van der Waals surface area contributed by atoms with Gasteiger partial charge in [0.05, 0.1) is 12.1 Å². The van der Waals surface area contributed by atoms with Crippen molar-refractivity contribution in [3.05, 3.63) is 0 Å². The fourth-order valence-electron chi connectivity index (χ4n) is 4.08. The molecule has 4 heteroatoms. The van der Waals surface area contributed by atoms with E-state index in [4.69, 9.17) is 5.73 Å². The second kappa shape index (κ2) is 2.92. The van der Waals surface area contributed by atoms with Crippen LogP contribution < -0.4 is 5.73 Å². The summed E-state index contributed by atoms with van der Waals surface area (Å²) in [4.78, 5) is 9.69. The van der Waals surface area contributed by atoms with Gasteiger partial charge in [0.1, 0.15) is 0 Å². The first-order valence-corrected chi connectivity index (χ1v) is 6.61. The van der Waals surface area contributed by atoms with Gasteiger partial charge in [-0.15, -0.1) is 0 Å². The zero-order valence-corrected chi connectivity index (χ0v) is 9.73. The molecule has 16 heavy (non-hydrogen) atoms. The molecule has 2 N–H and O–H groups in total. The molecule has 1 spiro atoms. The van der Waals surface area contributed by atoms with E-state index in [0.29, 0.717) is 11.6 Å². The molecule has 0 aromatic rings. The number of aliphatic imine (C=N–C) groups is 1. The summed E-state index contributed by atoms with van der Waals surface area (Å²) in [5.74, 6) is 1.67. The number of piperidine rings is 3. The number of hydrogen-bond donors (Lipinski definition) is 1. The Morgan fingerprint density at radius 2 is 1.94 bits per heavy atom. The van der Waals surface area contributed by atoms with Gasteiger partial charge in [0.15, 0.2) is 5.96 Å². The molecule has 5 rings (SSSR count). The molecule has 88 valence electrons. The highest BCUT2D eigenvalue weighted by molar-refractivity contribution is 5.82. The van der Waals surface area contributed by atoms with Gasteiger partial charge >= 0.3 is 0 Å². The third kappa shape index (κ3) is 1.06. The zero-order chi connectivity index (χ0) is 10.8. The van der Waals surface area contributed by atoms with E-state index < -0.39 is 0 Å². The van der Waals surface area contributed by atoms with Crippen molar-refractivity contribution in [2.45, 2.75) is 37.3 Å². The minimum atomic E-state index is 0.293. The average Bonchev–Trinajstić information content (AvgIpc) is 3.08. The van der Waals surface area contributed by atoms with Crippen molar-refractivity contribution in [3.63, 3.8) is 0 Å². The summed E-state index contributed by atoms with van der Waals surface area (Å²) in [7, 11) is 0. The van der Waals surface area contributed by atoms with E-state index in [1.165, 1.54) is 45.3 Å². The number of fused-ring (bicyclic) bond motifs is 2. The zero-order valence-electron chi connectivity index (χ0n) is 9.73. The van der Waals surface area contributed by atoms with Crippen LogP contribution in [0.2, 0.25) is 0 Å². The van der Waals surface area contributed by atoms with Gasteiger partial charge in [-0.3, -0.25) is 4.99 Å². The van der Waals surface area contributed by atoms with Gasteiger partial charge in [0, 0.05) is 12.6 Å². The normalized spacial score (nSPS) is 46.5. The van der Waals surface area contributed by atoms with Crippen molar-refractivity contribution in [1.29, 1.82) is 0 Å². The van der Waals surface area contributed by atoms with Crippen LogP contribution >= 0.6 is 0 Å². The molecule has 5 aliphatic rings. The van der Waals surface area contributed by atoms with Crippen LogP contribution in [0.1, 0.15) is 25.7 Å². The molecule has 4 nitrogen and oxygen atoms in total. The van der Waals surface area contributed by atoms with Crippen LogP contribution in [0.15, 0.2) is 4.99 Å². The number of rotatable bonds is 1. The molecule has 0 amide bonds. The number of nitrogens with zero attached hydrogens (tertiary/aromatic N) is 3. The van der Waals surface area contributed by atoms with Crippen LogP contribution in [-0.4, -0.2) is 53.5 Å². The Balaban J connectivity index is 1.70. The van der Waals surface area contributed by atoms with Crippen molar-refractivity contribution in [2.75, 3.05) is 26.2 Å². The first-order chi connectivity index (χ1) is 7.79. The molecule has 0 aromatic heterocycles. The van der Waals surface area contributed by atoms with Gasteiger partial charge in [-0.2, -0.15) is 0 Å². The highest BCUT2D eigenvalue weighted by Crippen LogP contribution is 2.46. The fraction of sp³-hybridized carbons (Fsp3) is 0.917. The lowest BCUT2D eigenvalue weighted by Gasteiger charge is -2.55. The van der Waals surface area contributed by atoms with Gasteiger partial charge in [-0.05, 0) is 44.7 Å².